The molecule has 24 heavy (non-hydrogen) atoms. The average molecular weight is 331 g/mol. The van der Waals surface area contributed by atoms with Gasteiger partial charge >= 0.3 is 0 Å². The molecule has 3 rings (SSSR count). The smallest absolute Gasteiger partial charge is 0.229 e. The molecular weight excluding hydrogens is 319 g/mol. The third kappa shape index (κ3) is 3.45. The molecule has 0 fully saturated rings. The minimum absolute atomic E-state index is 0.0337. The van der Waals surface area contributed by atoms with Gasteiger partial charge in [-0.2, -0.15) is 5.10 Å². The number of halogens is 3. The molecule has 1 heterocycles. The molecule has 0 atom stereocenters. The molecule has 0 aliphatic heterocycles. The maximum Gasteiger partial charge on any atom is 0.229 e. The molecule has 4 nitrogen and oxygen atoms in total. The maximum absolute atomic E-state index is 13.1. The summed E-state index contributed by atoms with van der Waals surface area (Å²) in [4.78, 5) is 11.9. The van der Waals surface area contributed by atoms with Crippen LogP contribution < -0.4 is 5.32 Å². The molecule has 0 radical (unpaired) electrons. The quantitative estimate of drug-likeness (QED) is 0.744. The fraction of sp³-hybridized carbons (Fsp3) is 0.0588. The van der Waals surface area contributed by atoms with Crippen LogP contribution in [0.25, 0.3) is 5.69 Å². The van der Waals surface area contributed by atoms with Gasteiger partial charge in [0.25, 0.3) is 0 Å². The summed E-state index contributed by atoms with van der Waals surface area (Å²) < 4.78 is 40.8. The van der Waals surface area contributed by atoms with Gasteiger partial charge in [0.2, 0.25) is 5.91 Å². The van der Waals surface area contributed by atoms with Crippen molar-refractivity contribution in [2.75, 3.05) is 5.32 Å². The Morgan fingerprint density at radius 1 is 1.04 bits per heavy atom. The Balaban J connectivity index is 1.69. The molecule has 0 saturated heterocycles. The first-order chi connectivity index (χ1) is 11.5. The normalized spacial score (nSPS) is 10.6. The number of aromatic nitrogens is 2. The first-order valence-corrected chi connectivity index (χ1v) is 7.07. The molecule has 7 heteroatoms. The van der Waals surface area contributed by atoms with E-state index in [2.05, 4.69) is 10.4 Å². The van der Waals surface area contributed by atoms with Crippen molar-refractivity contribution in [3.8, 4) is 5.69 Å². The fourth-order valence-electron chi connectivity index (χ4n) is 2.20. The van der Waals surface area contributed by atoms with Crippen molar-refractivity contribution in [1.29, 1.82) is 0 Å². The zero-order valence-electron chi connectivity index (χ0n) is 12.3. The van der Waals surface area contributed by atoms with Crippen LogP contribution in [0, 0.1) is 17.5 Å². The maximum atomic E-state index is 13.1. The second kappa shape index (κ2) is 6.57. The van der Waals surface area contributed by atoms with Gasteiger partial charge in [-0.25, -0.2) is 17.9 Å². The van der Waals surface area contributed by atoms with Gasteiger partial charge in [0, 0.05) is 12.3 Å². The summed E-state index contributed by atoms with van der Waals surface area (Å²) in [6.45, 7) is 0. The molecule has 1 aromatic heterocycles. The highest BCUT2D eigenvalue weighted by Gasteiger charge is 2.13. The Kier molecular flexibility index (Phi) is 4.33. The van der Waals surface area contributed by atoms with Crippen molar-refractivity contribution in [2.45, 2.75) is 6.42 Å². The van der Waals surface area contributed by atoms with Gasteiger partial charge in [0.1, 0.15) is 0 Å². The number of rotatable bonds is 4. The second-order valence-corrected chi connectivity index (χ2v) is 5.08. The highest BCUT2D eigenvalue weighted by atomic mass is 19.2. The van der Waals surface area contributed by atoms with E-state index < -0.39 is 23.4 Å². The highest BCUT2D eigenvalue weighted by molar-refractivity contribution is 5.91. The van der Waals surface area contributed by atoms with Crippen LogP contribution in [0.4, 0.5) is 19.0 Å². The third-order valence-electron chi connectivity index (χ3n) is 3.29. The Hall–Kier alpha value is -3.09. The van der Waals surface area contributed by atoms with Gasteiger partial charge < -0.3 is 5.32 Å². The predicted octanol–water partition coefficient (Wildman–Crippen LogP) is 3.47. The Morgan fingerprint density at radius 3 is 2.38 bits per heavy atom. The van der Waals surface area contributed by atoms with Crippen LogP contribution in [0.5, 0.6) is 0 Å². The van der Waals surface area contributed by atoms with Gasteiger partial charge in [0.15, 0.2) is 23.3 Å². The molecule has 2 aromatic carbocycles. The lowest BCUT2D eigenvalue weighted by Crippen LogP contribution is -2.15. The molecule has 0 bridgehead atoms. The van der Waals surface area contributed by atoms with E-state index in [1.165, 1.54) is 0 Å². The lowest BCUT2D eigenvalue weighted by atomic mass is 10.1. The Morgan fingerprint density at radius 2 is 1.71 bits per heavy atom. The number of para-hydroxylation sites is 1. The number of amides is 1. The predicted molar refractivity (Wildman–Crippen MR) is 82.2 cm³/mol. The number of hydrogen-bond acceptors (Lipinski definition) is 2. The van der Waals surface area contributed by atoms with E-state index in [9.17, 15) is 18.0 Å². The third-order valence-corrected chi connectivity index (χ3v) is 3.29. The van der Waals surface area contributed by atoms with E-state index in [1.807, 2.05) is 30.3 Å². The van der Waals surface area contributed by atoms with Crippen LogP contribution in [0.3, 0.4) is 0 Å². The number of anilines is 1. The van der Waals surface area contributed by atoms with Crippen molar-refractivity contribution < 1.29 is 18.0 Å². The molecule has 0 aliphatic carbocycles. The molecule has 0 aliphatic rings. The monoisotopic (exact) mass is 331 g/mol. The zero-order valence-corrected chi connectivity index (χ0v) is 12.3. The van der Waals surface area contributed by atoms with Crippen LogP contribution in [-0.4, -0.2) is 15.7 Å². The highest BCUT2D eigenvalue weighted by Crippen LogP contribution is 2.15. The van der Waals surface area contributed by atoms with E-state index in [1.54, 1.807) is 16.9 Å². The molecule has 122 valence electrons. The van der Waals surface area contributed by atoms with Gasteiger partial charge in [0.05, 0.1) is 12.1 Å². The lowest BCUT2D eigenvalue weighted by molar-refractivity contribution is -0.115. The topological polar surface area (TPSA) is 46.9 Å². The minimum Gasteiger partial charge on any atom is -0.309 e. The average Bonchev–Trinajstić information content (AvgIpc) is 3.01. The number of nitrogens with one attached hydrogen (secondary N) is 1. The number of nitrogens with zero attached hydrogens (tertiary/aromatic N) is 2. The van der Waals surface area contributed by atoms with Crippen molar-refractivity contribution in [3.05, 3.63) is 77.7 Å². The van der Waals surface area contributed by atoms with Gasteiger partial charge in [-0.15, -0.1) is 0 Å². The lowest BCUT2D eigenvalue weighted by Gasteiger charge is -2.04. The van der Waals surface area contributed by atoms with Crippen molar-refractivity contribution in [2.24, 2.45) is 0 Å². The first kappa shape index (κ1) is 15.8. The summed E-state index contributed by atoms with van der Waals surface area (Å²) in [6.07, 6.45) is 1.37. The Bertz CT molecular complexity index is 855. The fourth-order valence-corrected chi connectivity index (χ4v) is 2.20. The SMILES string of the molecule is O=C(Cc1cc(F)c(F)c(F)c1)Nc1ccn(-c2ccccc2)n1. The molecule has 1 N–H and O–H groups in total. The summed E-state index contributed by atoms with van der Waals surface area (Å²) >= 11 is 0. The van der Waals surface area contributed by atoms with Crippen LogP contribution >= 0.6 is 0 Å². The minimum atomic E-state index is -1.55. The second-order valence-electron chi connectivity index (χ2n) is 5.08. The van der Waals surface area contributed by atoms with Gasteiger partial charge in [-0.3, -0.25) is 4.79 Å². The molecular formula is C17H12F3N3O. The van der Waals surface area contributed by atoms with E-state index >= 15 is 0 Å². The summed E-state index contributed by atoms with van der Waals surface area (Å²) in [5.74, 6) is -4.43. The van der Waals surface area contributed by atoms with Gasteiger partial charge in [-0.1, -0.05) is 18.2 Å². The zero-order chi connectivity index (χ0) is 17.1. The summed E-state index contributed by atoms with van der Waals surface area (Å²) in [5.41, 5.74) is 0.854. The molecule has 3 aromatic rings. The largest absolute Gasteiger partial charge is 0.309 e. The number of carbonyl (C=O) groups is 1. The van der Waals surface area contributed by atoms with Crippen LogP contribution in [0.1, 0.15) is 5.56 Å². The summed E-state index contributed by atoms with van der Waals surface area (Å²) in [7, 11) is 0. The van der Waals surface area contributed by atoms with E-state index in [-0.39, 0.29) is 12.0 Å². The van der Waals surface area contributed by atoms with Crippen molar-refractivity contribution >= 4 is 11.7 Å². The Labute approximate surface area is 135 Å². The van der Waals surface area contributed by atoms with Crippen LogP contribution in [0.15, 0.2) is 54.7 Å². The number of benzene rings is 2. The van der Waals surface area contributed by atoms with Crippen LogP contribution in [0.2, 0.25) is 0 Å². The van der Waals surface area contributed by atoms with Crippen LogP contribution in [-0.2, 0) is 11.2 Å². The van der Waals surface area contributed by atoms with E-state index in [0.717, 1.165) is 17.8 Å². The summed E-state index contributed by atoms with van der Waals surface area (Å²) in [6, 6.07) is 12.5. The first-order valence-electron chi connectivity index (χ1n) is 7.07. The molecule has 0 unspecified atom stereocenters. The van der Waals surface area contributed by atoms with E-state index in [0.29, 0.717) is 5.82 Å². The molecule has 0 saturated carbocycles. The number of carbonyl (C=O) groups excluding carboxylic acids is 1. The standard InChI is InChI=1S/C17H12F3N3O/c18-13-8-11(9-14(19)17(13)20)10-16(24)21-15-6-7-23(22-15)12-4-2-1-3-5-12/h1-9H,10H2,(H,21,22,24). The van der Waals surface area contributed by atoms with Crippen molar-refractivity contribution in [3.63, 3.8) is 0 Å². The summed E-state index contributed by atoms with van der Waals surface area (Å²) in [5, 5.41) is 6.71. The molecule has 1 amide bonds. The molecule has 0 spiro atoms. The van der Waals surface area contributed by atoms with Crippen molar-refractivity contribution in [1.82, 2.24) is 9.78 Å². The van der Waals surface area contributed by atoms with E-state index in [4.69, 9.17) is 0 Å². The van der Waals surface area contributed by atoms with Gasteiger partial charge in [-0.05, 0) is 29.8 Å². The number of hydrogen-bond donors (Lipinski definition) is 1.